The van der Waals surface area contributed by atoms with Gasteiger partial charge in [0.05, 0.1) is 19.5 Å². The molecule has 4 nitrogen and oxygen atoms in total. The van der Waals surface area contributed by atoms with Crippen LogP contribution in [-0.2, 0) is 0 Å². The Bertz CT molecular complexity index is 320. The predicted molar refractivity (Wildman–Crippen MR) is 66.4 cm³/mol. The summed E-state index contributed by atoms with van der Waals surface area (Å²) in [5, 5.41) is 0. The summed E-state index contributed by atoms with van der Waals surface area (Å²) in [6.45, 7) is 5.12. The van der Waals surface area contributed by atoms with Crippen molar-refractivity contribution in [1.29, 1.82) is 0 Å². The smallest absolute Gasteiger partial charge is 0.233 e. The van der Waals surface area contributed by atoms with Crippen LogP contribution < -0.4 is 9.64 Å². The summed E-state index contributed by atoms with van der Waals surface area (Å²) >= 11 is 5.71. The fraction of sp³-hybridized carbons (Fsp3) is 0.636. The Labute approximate surface area is 102 Å². The van der Waals surface area contributed by atoms with Crippen LogP contribution in [0.25, 0.3) is 0 Å². The highest BCUT2D eigenvalue weighted by Crippen LogP contribution is 2.16. The first-order valence-corrected chi connectivity index (χ1v) is 5.91. The largest absolute Gasteiger partial charge is 0.480 e. The molecule has 1 rings (SSSR count). The fourth-order valence-electron chi connectivity index (χ4n) is 1.44. The zero-order valence-electron chi connectivity index (χ0n) is 9.98. The van der Waals surface area contributed by atoms with Crippen molar-refractivity contribution in [3.05, 3.63) is 12.4 Å². The van der Waals surface area contributed by atoms with Crippen molar-refractivity contribution in [2.45, 2.75) is 26.3 Å². The van der Waals surface area contributed by atoms with Gasteiger partial charge in [-0.25, -0.2) is 0 Å². The molecule has 0 aliphatic carbocycles. The van der Waals surface area contributed by atoms with Gasteiger partial charge < -0.3 is 9.64 Å². The average Bonchev–Trinajstić information content (AvgIpc) is 2.29. The third-order valence-corrected chi connectivity index (χ3v) is 2.53. The minimum atomic E-state index is 0.365. The molecular formula is C11H18ClN3O. The number of halogens is 1. The maximum Gasteiger partial charge on any atom is 0.233 e. The number of ether oxygens (including phenoxy) is 1. The van der Waals surface area contributed by atoms with Crippen molar-refractivity contribution in [1.82, 2.24) is 9.97 Å². The van der Waals surface area contributed by atoms with E-state index in [0.29, 0.717) is 17.8 Å². The Kier molecular flexibility index (Phi) is 5.32. The van der Waals surface area contributed by atoms with Gasteiger partial charge in [-0.1, -0.05) is 0 Å². The van der Waals surface area contributed by atoms with E-state index in [-0.39, 0.29) is 0 Å². The topological polar surface area (TPSA) is 38.2 Å². The molecule has 1 aromatic heterocycles. The Morgan fingerprint density at radius 3 is 2.75 bits per heavy atom. The van der Waals surface area contributed by atoms with Crippen LogP contribution in [0.15, 0.2) is 12.4 Å². The lowest BCUT2D eigenvalue weighted by Gasteiger charge is -2.27. The number of hydrogen-bond acceptors (Lipinski definition) is 4. The minimum absolute atomic E-state index is 0.365. The molecule has 0 saturated heterocycles. The second-order valence-electron chi connectivity index (χ2n) is 3.75. The van der Waals surface area contributed by atoms with Crippen LogP contribution in [-0.4, -0.2) is 35.5 Å². The van der Waals surface area contributed by atoms with E-state index in [0.717, 1.165) is 18.8 Å². The van der Waals surface area contributed by atoms with Crippen LogP contribution in [0.3, 0.4) is 0 Å². The second kappa shape index (κ2) is 6.53. The lowest BCUT2D eigenvalue weighted by Crippen LogP contribution is -2.32. The van der Waals surface area contributed by atoms with Gasteiger partial charge in [0.25, 0.3) is 0 Å². The molecule has 1 heterocycles. The number of rotatable bonds is 6. The van der Waals surface area contributed by atoms with E-state index in [4.69, 9.17) is 16.3 Å². The molecule has 0 fully saturated rings. The molecule has 5 heteroatoms. The van der Waals surface area contributed by atoms with E-state index in [2.05, 4.69) is 28.7 Å². The fourth-order valence-corrected chi connectivity index (χ4v) is 1.56. The lowest BCUT2D eigenvalue weighted by molar-refractivity contribution is 0.395. The van der Waals surface area contributed by atoms with Crippen LogP contribution in [0.1, 0.15) is 20.3 Å². The van der Waals surface area contributed by atoms with E-state index in [9.17, 15) is 0 Å². The third-order valence-electron chi connectivity index (χ3n) is 2.26. The van der Waals surface area contributed by atoms with Crippen molar-refractivity contribution < 1.29 is 4.74 Å². The zero-order chi connectivity index (χ0) is 12.0. The molecule has 0 radical (unpaired) electrons. The number of anilines is 1. The molecule has 0 saturated carbocycles. The van der Waals surface area contributed by atoms with Gasteiger partial charge in [0.1, 0.15) is 0 Å². The normalized spacial score (nSPS) is 10.6. The number of aromatic nitrogens is 2. The molecule has 0 unspecified atom stereocenters. The van der Waals surface area contributed by atoms with Crippen molar-refractivity contribution in [3.8, 4) is 5.88 Å². The number of methoxy groups -OCH3 is 1. The Morgan fingerprint density at radius 2 is 2.19 bits per heavy atom. The molecule has 0 N–H and O–H groups in total. The summed E-state index contributed by atoms with van der Waals surface area (Å²) in [7, 11) is 1.59. The Balaban J connectivity index is 2.82. The maximum absolute atomic E-state index is 5.71. The highest BCUT2D eigenvalue weighted by Gasteiger charge is 2.12. The van der Waals surface area contributed by atoms with Crippen LogP contribution in [0.4, 0.5) is 5.82 Å². The molecule has 0 spiro atoms. The van der Waals surface area contributed by atoms with Gasteiger partial charge in [-0.3, -0.25) is 4.98 Å². The van der Waals surface area contributed by atoms with Gasteiger partial charge >= 0.3 is 0 Å². The summed E-state index contributed by atoms with van der Waals surface area (Å²) in [6, 6.07) is 0.365. The van der Waals surface area contributed by atoms with E-state index >= 15 is 0 Å². The van der Waals surface area contributed by atoms with E-state index in [1.807, 2.05) is 0 Å². The highest BCUT2D eigenvalue weighted by molar-refractivity contribution is 6.17. The summed E-state index contributed by atoms with van der Waals surface area (Å²) in [4.78, 5) is 10.6. The molecule has 1 aromatic rings. The quantitative estimate of drug-likeness (QED) is 0.719. The molecule has 0 aliphatic rings. The maximum atomic E-state index is 5.71. The number of hydrogen-bond donors (Lipinski definition) is 0. The van der Waals surface area contributed by atoms with Crippen molar-refractivity contribution in [3.63, 3.8) is 0 Å². The molecule has 16 heavy (non-hydrogen) atoms. The number of nitrogens with zero attached hydrogens (tertiary/aromatic N) is 3. The molecule has 0 bridgehead atoms. The van der Waals surface area contributed by atoms with Gasteiger partial charge in [-0.15, -0.1) is 11.6 Å². The van der Waals surface area contributed by atoms with Crippen LogP contribution in [0.2, 0.25) is 0 Å². The van der Waals surface area contributed by atoms with Crippen molar-refractivity contribution in [2.24, 2.45) is 0 Å². The first kappa shape index (κ1) is 13.0. The van der Waals surface area contributed by atoms with Gasteiger partial charge in [0, 0.05) is 18.5 Å². The molecule has 0 amide bonds. The van der Waals surface area contributed by atoms with Crippen molar-refractivity contribution >= 4 is 17.4 Å². The summed E-state index contributed by atoms with van der Waals surface area (Å²) < 4.78 is 5.06. The predicted octanol–water partition coefficient (Wildman–Crippen LogP) is 2.33. The molecule has 90 valence electrons. The third kappa shape index (κ3) is 3.52. The summed E-state index contributed by atoms with van der Waals surface area (Å²) in [6.07, 6.45) is 4.28. The lowest BCUT2D eigenvalue weighted by atomic mass is 10.3. The molecular weight excluding hydrogens is 226 g/mol. The monoisotopic (exact) mass is 243 g/mol. The van der Waals surface area contributed by atoms with Gasteiger partial charge in [-0.2, -0.15) is 4.98 Å². The highest BCUT2D eigenvalue weighted by atomic mass is 35.5. The minimum Gasteiger partial charge on any atom is -0.480 e. The van der Waals surface area contributed by atoms with E-state index in [1.54, 1.807) is 19.5 Å². The molecule has 0 aliphatic heterocycles. The van der Waals surface area contributed by atoms with Crippen LogP contribution in [0, 0.1) is 0 Å². The van der Waals surface area contributed by atoms with Crippen LogP contribution in [0.5, 0.6) is 5.88 Å². The SMILES string of the molecule is COc1cncc(N(CCCCl)C(C)C)n1. The van der Waals surface area contributed by atoms with Crippen LogP contribution >= 0.6 is 11.6 Å². The second-order valence-corrected chi connectivity index (χ2v) is 4.13. The summed E-state index contributed by atoms with van der Waals surface area (Å²) in [5.74, 6) is 2.02. The van der Waals surface area contributed by atoms with E-state index < -0.39 is 0 Å². The van der Waals surface area contributed by atoms with Gasteiger partial charge in [0.2, 0.25) is 5.88 Å². The Hall–Kier alpha value is -1.03. The number of alkyl halides is 1. The first-order valence-electron chi connectivity index (χ1n) is 5.37. The van der Waals surface area contributed by atoms with Gasteiger partial charge in [-0.05, 0) is 20.3 Å². The average molecular weight is 244 g/mol. The summed E-state index contributed by atoms with van der Waals surface area (Å²) in [5.41, 5.74) is 0. The Morgan fingerprint density at radius 1 is 1.44 bits per heavy atom. The standard InChI is InChI=1S/C11H18ClN3O/c1-9(2)15(6-4-5-12)10-7-13-8-11(14-10)16-3/h7-9H,4-6H2,1-3H3. The van der Waals surface area contributed by atoms with Gasteiger partial charge in [0.15, 0.2) is 5.82 Å². The first-order chi connectivity index (χ1) is 7.69. The molecule has 0 atom stereocenters. The molecule has 0 aromatic carbocycles. The van der Waals surface area contributed by atoms with Crippen molar-refractivity contribution in [2.75, 3.05) is 24.4 Å². The van der Waals surface area contributed by atoms with E-state index in [1.165, 1.54) is 0 Å². The zero-order valence-corrected chi connectivity index (χ0v) is 10.7.